The van der Waals surface area contributed by atoms with Gasteiger partial charge in [-0.3, -0.25) is 0 Å². The molecule has 1 heterocycles. The molecule has 2 aromatic rings. The maximum atomic E-state index is 13.6. The second-order valence-corrected chi connectivity index (χ2v) is 5.56. The Morgan fingerprint density at radius 1 is 1.00 bits per heavy atom. The van der Waals surface area contributed by atoms with Crippen LogP contribution in [-0.4, -0.2) is 13.4 Å². The van der Waals surface area contributed by atoms with Gasteiger partial charge in [0.15, 0.2) is 11.6 Å². The lowest BCUT2D eigenvalue weighted by molar-refractivity contribution is 0.485. The summed E-state index contributed by atoms with van der Waals surface area (Å²) in [7, 11) is -4.30. The molecule has 0 aliphatic heterocycles. The third-order valence-corrected chi connectivity index (χ3v) is 4.22. The first-order chi connectivity index (χ1) is 8.84. The second kappa shape index (κ2) is 4.47. The van der Waals surface area contributed by atoms with Crippen LogP contribution in [0.1, 0.15) is 0 Å². The molecule has 0 atom stereocenters. The summed E-state index contributed by atoms with van der Waals surface area (Å²) in [5.74, 6) is -3.07. The second-order valence-electron chi connectivity index (χ2n) is 3.67. The summed E-state index contributed by atoms with van der Waals surface area (Å²) in [5, 5.41) is 0. The van der Waals surface area contributed by atoms with Gasteiger partial charge < -0.3 is 11.5 Å². The van der Waals surface area contributed by atoms with Gasteiger partial charge in [0.1, 0.15) is 21.4 Å². The van der Waals surface area contributed by atoms with Gasteiger partial charge in [0.25, 0.3) is 0 Å². The first kappa shape index (κ1) is 13.2. The molecule has 1 aromatic carbocycles. The average molecular weight is 285 g/mol. The van der Waals surface area contributed by atoms with E-state index in [0.717, 1.165) is 24.3 Å². The highest BCUT2D eigenvalue weighted by Gasteiger charge is 2.26. The lowest BCUT2D eigenvalue weighted by Crippen LogP contribution is -2.10. The van der Waals surface area contributed by atoms with Crippen molar-refractivity contribution in [2.45, 2.75) is 9.79 Å². The van der Waals surface area contributed by atoms with Crippen molar-refractivity contribution in [3.8, 4) is 0 Å². The van der Waals surface area contributed by atoms with E-state index in [1.54, 1.807) is 0 Å². The zero-order chi connectivity index (χ0) is 14.2. The molecule has 0 saturated heterocycles. The molecule has 0 spiro atoms. The number of benzene rings is 1. The molecule has 0 saturated carbocycles. The molecule has 100 valence electrons. The van der Waals surface area contributed by atoms with Gasteiger partial charge in [-0.2, -0.15) is 0 Å². The van der Waals surface area contributed by atoms with Crippen LogP contribution in [0.25, 0.3) is 0 Å². The van der Waals surface area contributed by atoms with E-state index in [1.807, 2.05) is 0 Å². The topological polar surface area (TPSA) is 99.1 Å². The molecule has 5 nitrogen and oxygen atoms in total. The van der Waals surface area contributed by atoms with Crippen LogP contribution < -0.4 is 11.5 Å². The normalized spacial score (nSPS) is 11.5. The molecule has 8 heteroatoms. The Morgan fingerprint density at radius 2 is 1.68 bits per heavy atom. The molecule has 0 bridgehead atoms. The predicted octanol–water partition coefficient (Wildman–Crippen LogP) is 1.36. The number of anilines is 2. The van der Waals surface area contributed by atoms with Crippen LogP contribution in [0.3, 0.4) is 0 Å². The Kier molecular flexibility index (Phi) is 3.11. The third kappa shape index (κ3) is 2.22. The fourth-order valence-corrected chi connectivity index (χ4v) is 2.91. The van der Waals surface area contributed by atoms with Crippen molar-refractivity contribution in [3.63, 3.8) is 0 Å². The smallest absolute Gasteiger partial charge is 0.213 e. The van der Waals surface area contributed by atoms with E-state index in [2.05, 4.69) is 4.98 Å². The van der Waals surface area contributed by atoms with Crippen LogP contribution in [0.5, 0.6) is 0 Å². The quantitative estimate of drug-likeness (QED) is 0.867. The minimum atomic E-state index is -4.30. The fraction of sp³-hybridized carbons (Fsp3) is 0. The number of hydrogen-bond donors (Lipinski definition) is 2. The zero-order valence-electron chi connectivity index (χ0n) is 9.47. The van der Waals surface area contributed by atoms with E-state index in [0.29, 0.717) is 0 Å². The number of pyridine rings is 1. The van der Waals surface area contributed by atoms with Gasteiger partial charge >= 0.3 is 0 Å². The van der Waals surface area contributed by atoms with Crippen LogP contribution in [0.15, 0.2) is 40.1 Å². The van der Waals surface area contributed by atoms with Crippen molar-refractivity contribution in [3.05, 3.63) is 42.0 Å². The zero-order valence-corrected chi connectivity index (χ0v) is 10.3. The first-order valence-corrected chi connectivity index (χ1v) is 6.53. The Labute approximate surface area is 107 Å². The molecule has 0 amide bonds. The molecule has 4 N–H and O–H groups in total. The number of hydrogen-bond acceptors (Lipinski definition) is 5. The van der Waals surface area contributed by atoms with E-state index in [-0.39, 0.29) is 11.6 Å². The molecule has 19 heavy (non-hydrogen) atoms. The van der Waals surface area contributed by atoms with E-state index in [4.69, 9.17) is 11.5 Å². The highest BCUT2D eigenvalue weighted by molar-refractivity contribution is 7.91. The average Bonchev–Trinajstić information content (AvgIpc) is 2.31. The standard InChI is InChI=1S/C11H9F2N3O2S/c12-6-2-1-3-7(10(6)13)19(17,18)8-4-5-9(14)16-11(8)15/h1-5H,(H4,14,15,16). The Morgan fingerprint density at radius 3 is 2.32 bits per heavy atom. The van der Waals surface area contributed by atoms with Crippen molar-refractivity contribution in [2.75, 3.05) is 11.5 Å². The van der Waals surface area contributed by atoms with Crippen molar-refractivity contribution in [1.29, 1.82) is 0 Å². The number of nitrogens with zero attached hydrogens (tertiary/aromatic N) is 1. The van der Waals surface area contributed by atoms with Crippen molar-refractivity contribution in [2.24, 2.45) is 0 Å². The maximum absolute atomic E-state index is 13.6. The van der Waals surface area contributed by atoms with Crippen LogP contribution in [0.2, 0.25) is 0 Å². The Balaban J connectivity index is 2.69. The molecule has 0 radical (unpaired) electrons. The summed E-state index contributed by atoms with van der Waals surface area (Å²) >= 11 is 0. The summed E-state index contributed by atoms with van der Waals surface area (Å²) in [6.45, 7) is 0. The Bertz CT molecular complexity index is 748. The molecule has 0 aliphatic rings. The van der Waals surface area contributed by atoms with Crippen LogP contribution >= 0.6 is 0 Å². The van der Waals surface area contributed by atoms with Crippen LogP contribution in [-0.2, 0) is 9.84 Å². The van der Waals surface area contributed by atoms with E-state index < -0.39 is 31.3 Å². The third-order valence-electron chi connectivity index (χ3n) is 2.40. The number of sulfone groups is 1. The molecule has 0 fully saturated rings. The molecule has 0 aliphatic carbocycles. The number of nitrogen functional groups attached to an aromatic ring is 2. The van der Waals surface area contributed by atoms with Crippen molar-refractivity contribution < 1.29 is 17.2 Å². The molecular weight excluding hydrogens is 276 g/mol. The maximum Gasteiger partial charge on any atom is 0.213 e. The van der Waals surface area contributed by atoms with E-state index in [9.17, 15) is 17.2 Å². The number of halogens is 2. The molecule has 1 aromatic heterocycles. The van der Waals surface area contributed by atoms with Gasteiger partial charge in [0.05, 0.1) is 0 Å². The summed E-state index contributed by atoms with van der Waals surface area (Å²) in [5.41, 5.74) is 10.8. The first-order valence-electron chi connectivity index (χ1n) is 5.05. The fourth-order valence-electron chi connectivity index (χ4n) is 1.52. The lowest BCUT2D eigenvalue weighted by Gasteiger charge is -2.08. The van der Waals surface area contributed by atoms with E-state index in [1.165, 1.54) is 6.07 Å². The van der Waals surface area contributed by atoms with Crippen LogP contribution in [0, 0.1) is 11.6 Å². The summed E-state index contributed by atoms with van der Waals surface area (Å²) < 4.78 is 51.0. The van der Waals surface area contributed by atoms with E-state index >= 15 is 0 Å². The number of nitrogens with two attached hydrogens (primary N) is 2. The minimum absolute atomic E-state index is 0.0242. The monoisotopic (exact) mass is 285 g/mol. The number of aromatic nitrogens is 1. The summed E-state index contributed by atoms with van der Waals surface area (Å²) in [4.78, 5) is 2.35. The number of rotatable bonds is 2. The molecule has 0 unspecified atom stereocenters. The summed E-state index contributed by atoms with van der Waals surface area (Å²) in [6, 6.07) is 5.16. The van der Waals surface area contributed by atoms with Crippen LogP contribution in [0.4, 0.5) is 20.4 Å². The predicted molar refractivity (Wildman–Crippen MR) is 64.9 cm³/mol. The SMILES string of the molecule is Nc1ccc(S(=O)(=O)c2cccc(F)c2F)c(N)n1. The van der Waals surface area contributed by atoms with Gasteiger partial charge in [-0.05, 0) is 24.3 Å². The molecular formula is C11H9F2N3O2S. The highest BCUT2D eigenvalue weighted by atomic mass is 32.2. The minimum Gasteiger partial charge on any atom is -0.384 e. The van der Waals surface area contributed by atoms with Gasteiger partial charge in [-0.1, -0.05) is 6.07 Å². The van der Waals surface area contributed by atoms with Gasteiger partial charge in [-0.15, -0.1) is 0 Å². The van der Waals surface area contributed by atoms with Crippen molar-refractivity contribution in [1.82, 2.24) is 4.98 Å². The largest absolute Gasteiger partial charge is 0.384 e. The van der Waals surface area contributed by atoms with Gasteiger partial charge in [0, 0.05) is 0 Å². The lowest BCUT2D eigenvalue weighted by atomic mass is 10.3. The van der Waals surface area contributed by atoms with Crippen molar-refractivity contribution >= 4 is 21.5 Å². The van der Waals surface area contributed by atoms with Gasteiger partial charge in [-0.25, -0.2) is 22.2 Å². The highest BCUT2D eigenvalue weighted by Crippen LogP contribution is 2.27. The Hall–Kier alpha value is -2.22. The van der Waals surface area contributed by atoms with Gasteiger partial charge in [0.2, 0.25) is 9.84 Å². The summed E-state index contributed by atoms with van der Waals surface area (Å²) in [6.07, 6.45) is 0. The molecule has 2 rings (SSSR count).